The van der Waals surface area contributed by atoms with E-state index in [0.717, 1.165) is 12.1 Å². The normalized spacial score (nSPS) is 19.7. The Morgan fingerprint density at radius 2 is 1.91 bits per heavy atom. The summed E-state index contributed by atoms with van der Waals surface area (Å²) >= 11 is 5.89. The minimum absolute atomic E-state index is 0.220. The van der Waals surface area contributed by atoms with Gasteiger partial charge in [0.15, 0.2) is 11.4 Å². The van der Waals surface area contributed by atoms with Crippen LogP contribution in [0.1, 0.15) is 22.3 Å². The third-order valence-electron chi connectivity index (χ3n) is 3.63. The SMILES string of the molecule is O=C(CC1(O)C(=O)Nc2ccc(Cl)cc21)c1ccc(F)cc1. The Bertz CT molecular complexity index is 775. The number of halogens is 2. The van der Waals surface area contributed by atoms with Gasteiger partial charge in [0.2, 0.25) is 0 Å². The van der Waals surface area contributed by atoms with Gasteiger partial charge in [0.25, 0.3) is 5.91 Å². The number of carbonyl (C=O) groups excluding carboxylic acids is 2. The van der Waals surface area contributed by atoms with E-state index in [1.54, 1.807) is 12.1 Å². The smallest absolute Gasteiger partial charge is 0.261 e. The Morgan fingerprint density at radius 1 is 1.23 bits per heavy atom. The van der Waals surface area contributed by atoms with Crippen LogP contribution < -0.4 is 5.32 Å². The molecule has 0 bridgehead atoms. The first kappa shape index (κ1) is 14.7. The summed E-state index contributed by atoms with van der Waals surface area (Å²) < 4.78 is 12.9. The van der Waals surface area contributed by atoms with Gasteiger partial charge in [0.1, 0.15) is 5.82 Å². The number of hydrogen-bond donors (Lipinski definition) is 2. The Morgan fingerprint density at radius 3 is 2.59 bits per heavy atom. The van der Waals surface area contributed by atoms with Gasteiger partial charge >= 0.3 is 0 Å². The Balaban J connectivity index is 1.94. The third-order valence-corrected chi connectivity index (χ3v) is 3.87. The maximum Gasteiger partial charge on any atom is 0.261 e. The highest BCUT2D eigenvalue weighted by atomic mass is 35.5. The van der Waals surface area contributed by atoms with E-state index in [9.17, 15) is 19.1 Å². The quantitative estimate of drug-likeness (QED) is 0.855. The second-order valence-corrected chi connectivity index (χ2v) is 5.55. The Kier molecular flexibility index (Phi) is 3.47. The van der Waals surface area contributed by atoms with E-state index in [4.69, 9.17) is 11.6 Å². The van der Waals surface area contributed by atoms with Crippen molar-refractivity contribution in [1.82, 2.24) is 0 Å². The lowest BCUT2D eigenvalue weighted by Crippen LogP contribution is -2.36. The van der Waals surface area contributed by atoms with E-state index in [1.165, 1.54) is 18.2 Å². The standard InChI is InChI=1S/C16H11ClFNO3/c17-10-3-6-13-12(7-10)16(22,15(21)19-13)8-14(20)9-1-4-11(18)5-2-9/h1-7,22H,8H2,(H,19,21). The number of fused-ring (bicyclic) bond motifs is 1. The van der Waals surface area contributed by atoms with Gasteiger partial charge in [-0.25, -0.2) is 4.39 Å². The molecular formula is C16H11ClFNO3. The van der Waals surface area contributed by atoms with Crippen molar-refractivity contribution in [2.45, 2.75) is 12.0 Å². The maximum atomic E-state index is 12.9. The van der Waals surface area contributed by atoms with Crippen LogP contribution in [0.25, 0.3) is 0 Å². The minimum Gasteiger partial charge on any atom is -0.375 e. The van der Waals surface area contributed by atoms with Crippen molar-refractivity contribution in [3.8, 4) is 0 Å². The van der Waals surface area contributed by atoms with Crippen LogP contribution in [-0.4, -0.2) is 16.8 Å². The largest absolute Gasteiger partial charge is 0.375 e. The second-order valence-electron chi connectivity index (χ2n) is 5.11. The first-order valence-corrected chi connectivity index (χ1v) is 6.90. The summed E-state index contributed by atoms with van der Waals surface area (Å²) in [5.41, 5.74) is -1.08. The number of nitrogens with one attached hydrogen (secondary N) is 1. The number of amides is 1. The van der Waals surface area contributed by atoms with E-state index in [2.05, 4.69) is 5.32 Å². The number of anilines is 1. The molecule has 0 radical (unpaired) electrons. The molecule has 1 heterocycles. The average Bonchev–Trinajstić information content (AvgIpc) is 2.71. The molecular weight excluding hydrogens is 309 g/mol. The highest BCUT2D eigenvalue weighted by Crippen LogP contribution is 2.40. The molecule has 1 aliphatic rings. The molecule has 3 rings (SSSR count). The van der Waals surface area contributed by atoms with E-state index in [-0.39, 0.29) is 11.1 Å². The first-order valence-electron chi connectivity index (χ1n) is 6.53. The number of hydrogen-bond acceptors (Lipinski definition) is 3. The first-order chi connectivity index (χ1) is 10.4. The average molecular weight is 320 g/mol. The molecule has 6 heteroatoms. The summed E-state index contributed by atoms with van der Waals surface area (Å²) in [6.07, 6.45) is -0.447. The van der Waals surface area contributed by atoms with E-state index >= 15 is 0 Å². The number of benzene rings is 2. The second kappa shape index (κ2) is 5.19. The van der Waals surface area contributed by atoms with Crippen LogP contribution in [0.15, 0.2) is 42.5 Å². The molecule has 2 aromatic carbocycles. The molecule has 2 N–H and O–H groups in total. The lowest BCUT2D eigenvalue weighted by Gasteiger charge is -2.20. The highest BCUT2D eigenvalue weighted by Gasteiger charge is 2.46. The van der Waals surface area contributed by atoms with Crippen molar-refractivity contribution in [2.24, 2.45) is 0 Å². The molecule has 1 aliphatic heterocycles. The summed E-state index contributed by atoms with van der Waals surface area (Å²) in [5, 5.41) is 13.5. The van der Waals surface area contributed by atoms with Crippen molar-refractivity contribution in [1.29, 1.82) is 0 Å². The molecule has 0 spiro atoms. The van der Waals surface area contributed by atoms with E-state index < -0.39 is 29.5 Å². The topological polar surface area (TPSA) is 66.4 Å². The molecule has 0 saturated heterocycles. The van der Waals surface area contributed by atoms with Crippen LogP contribution in [0.3, 0.4) is 0 Å². The van der Waals surface area contributed by atoms with Gasteiger partial charge in [0, 0.05) is 21.8 Å². The zero-order valence-corrected chi connectivity index (χ0v) is 12.0. The molecule has 2 aromatic rings. The monoisotopic (exact) mass is 319 g/mol. The number of ketones is 1. The number of carbonyl (C=O) groups is 2. The molecule has 1 amide bonds. The van der Waals surface area contributed by atoms with Gasteiger partial charge in [-0.2, -0.15) is 0 Å². The van der Waals surface area contributed by atoms with Crippen LogP contribution in [0.5, 0.6) is 0 Å². The highest BCUT2D eigenvalue weighted by molar-refractivity contribution is 6.31. The van der Waals surface area contributed by atoms with Crippen molar-refractivity contribution < 1.29 is 19.1 Å². The zero-order valence-electron chi connectivity index (χ0n) is 11.3. The van der Waals surface area contributed by atoms with Gasteiger partial charge in [0.05, 0.1) is 6.42 Å². The van der Waals surface area contributed by atoms with Crippen LogP contribution >= 0.6 is 11.6 Å². The Labute approximate surface area is 130 Å². The molecule has 4 nitrogen and oxygen atoms in total. The summed E-state index contributed by atoms with van der Waals surface area (Å²) in [6.45, 7) is 0. The van der Waals surface area contributed by atoms with Gasteiger partial charge < -0.3 is 10.4 Å². The summed E-state index contributed by atoms with van der Waals surface area (Å²) in [7, 11) is 0. The van der Waals surface area contributed by atoms with E-state index in [0.29, 0.717) is 10.7 Å². The van der Waals surface area contributed by atoms with Crippen LogP contribution in [-0.2, 0) is 10.4 Å². The number of aliphatic hydroxyl groups is 1. The molecule has 0 fully saturated rings. The van der Waals surface area contributed by atoms with Crippen LogP contribution in [0.4, 0.5) is 10.1 Å². The summed E-state index contributed by atoms with van der Waals surface area (Å²) in [5.74, 6) is -1.61. The molecule has 0 aromatic heterocycles. The summed E-state index contributed by atoms with van der Waals surface area (Å²) in [4.78, 5) is 24.3. The van der Waals surface area contributed by atoms with E-state index in [1.807, 2.05) is 0 Å². The van der Waals surface area contributed by atoms with Crippen LogP contribution in [0, 0.1) is 5.82 Å². The maximum absolute atomic E-state index is 12.9. The van der Waals surface area contributed by atoms with Gasteiger partial charge in [-0.15, -0.1) is 0 Å². The molecule has 1 atom stereocenters. The summed E-state index contributed by atoms with van der Waals surface area (Å²) in [6, 6.07) is 9.52. The molecule has 22 heavy (non-hydrogen) atoms. The molecule has 112 valence electrons. The predicted octanol–water partition coefficient (Wildman–Crippen LogP) is 2.89. The van der Waals surface area contributed by atoms with Crippen molar-refractivity contribution in [3.05, 3.63) is 64.4 Å². The fourth-order valence-corrected chi connectivity index (χ4v) is 2.63. The van der Waals surface area contributed by atoms with Crippen molar-refractivity contribution in [2.75, 3.05) is 5.32 Å². The molecule has 0 aliphatic carbocycles. The van der Waals surface area contributed by atoms with Gasteiger partial charge in [-0.05, 0) is 42.5 Å². The molecule has 1 unspecified atom stereocenters. The fourth-order valence-electron chi connectivity index (χ4n) is 2.46. The van der Waals surface area contributed by atoms with Crippen LogP contribution in [0.2, 0.25) is 5.02 Å². The van der Waals surface area contributed by atoms with Gasteiger partial charge in [-0.1, -0.05) is 11.6 Å². The van der Waals surface area contributed by atoms with Crippen molar-refractivity contribution >= 4 is 29.0 Å². The fraction of sp³-hybridized carbons (Fsp3) is 0.125. The number of rotatable bonds is 3. The molecule has 0 saturated carbocycles. The lowest BCUT2D eigenvalue weighted by atomic mass is 9.88. The Hall–Kier alpha value is -2.24. The minimum atomic E-state index is -1.98. The number of Topliss-reactive ketones (excluding diaryl/α,β-unsaturated/α-hetero) is 1. The van der Waals surface area contributed by atoms with Gasteiger partial charge in [-0.3, -0.25) is 9.59 Å². The van der Waals surface area contributed by atoms with Crippen molar-refractivity contribution in [3.63, 3.8) is 0 Å². The zero-order chi connectivity index (χ0) is 15.9. The predicted molar refractivity (Wildman–Crippen MR) is 79.3 cm³/mol. The lowest BCUT2D eigenvalue weighted by molar-refractivity contribution is -0.133. The third kappa shape index (κ3) is 2.38.